The number of nitrogens with two attached hydrogens (primary N) is 1. The Bertz CT molecular complexity index is 471. The van der Waals surface area contributed by atoms with Crippen LogP contribution in [-0.2, 0) is 5.41 Å². The smallest absolute Gasteiger partial charge is 0.162 e. The second-order valence-electron chi connectivity index (χ2n) is 4.49. The first-order chi connectivity index (χ1) is 7.54. The van der Waals surface area contributed by atoms with Crippen molar-refractivity contribution in [1.29, 1.82) is 0 Å². The third-order valence-corrected chi connectivity index (χ3v) is 3.67. The first-order valence-electron chi connectivity index (χ1n) is 5.26. The standard InChI is InChI=1S/C12H16N2OS/c1-8-10(12(2,3)7-13)14-11(16-8)9-5-4-6-15-9/h4-6H,7,13H2,1-3H3. The summed E-state index contributed by atoms with van der Waals surface area (Å²) < 4.78 is 5.35. The van der Waals surface area contributed by atoms with Gasteiger partial charge in [0.05, 0.1) is 12.0 Å². The predicted octanol–water partition coefficient (Wildman–Crippen LogP) is 2.95. The van der Waals surface area contributed by atoms with Gasteiger partial charge in [-0.15, -0.1) is 11.3 Å². The molecule has 2 rings (SSSR count). The molecule has 0 amide bonds. The molecule has 86 valence electrons. The molecule has 2 heterocycles. The van der Waals surface area contributed by atoms with Crippen molar-refractivity contribution >= 4 is 11.3 Å². The van der Waals surface area contributed by atoms with Crippen molar-refractivity contribution in [3.63, 3.8) is 0 Å². The topological polar surface area (TPSA) is 52.0 Å². The van der Waals surface area contributed by atoms with Crippen LogP contribution in [0.25, 0.3) is 10.8 Å². The number of furan rings is 1. The lowest BCUT2D eigenvalue weighted by Crippen LogP contribution is -2.29. The van der Waals surface area contributed by atoms with Crippen molar-refractivity contribution < 1.29 is 4.42 Å². The van der Waals surface area contributed by atoms with Crippen LogP contribution >= 0.6 is 11.3 Å². The maximum atomic E-state index is 5.78. The molecule has 0 radical (unpaired) electrons. The van der Waals surface area contributed by atoms with E-state index in [-0.39, 0.29) is 5.41 Å². The molecular formula is C12H16N2OS. The zero-order chi connectivity index (χ0) is 11.8. The van der Waals surface area contributed by atoms with Gasteiger partial charge in [-0.3, -0.25) is 0 Å². The predicted molar refractivity (Wildman–Crippen MR) is 66.6 cm³/mol. The Kier molecular flexibility index (Phi) is 2.86. The first-order valence-corrected chi connectivity index (χ1v) is 6.08. The van der Waals surface area contributed by atoms with Crippen LogP contribution in [0.3, 0.4) is 0 Å². The van der Waals surface area contributed by atoms with E-state index in [1.54, 1.807) is 17.6 Å². The maximum Gasteiger partial charge on any atom is 0.162 e. The van der Waals surface area contributed by atoms with E-state index in [0.29, 0.717) is 6.54 Å². The molecule has 4 heteroatoms. The Morgan fingerprint density at radius 3 is 2.81 bits per heavy atom. The number of aryl methyl sites for hydroxylation is 1. The summed E-state index contributed by atoms with van der Waals surface area (Å²) in [7, 11) is 0. The maximum absolute atomic E-state index is 5.78. The second-order valence-corrected chi connectivity index (χ2v) is 5.69. The van der Waals surface area contributed by atoms with Gasteiger partial charge in [0.1, 0.15) is 0 Å². The number of nitrogens with zero attached hydrogens (tertiary/aromatic N) is 1. The fourth-order valence-electron chi connectivity index (χ4n) is 1.63. The van der Waals surface area contributed by atoms with Gasteiger partial charge in [-0.2, -0.15) is 0 Å². The SMILES string of the molecule is Cc1sc(-c2ccco2)nc1C(C)(C)CN. The summed E-state index contributed by atoms with van der Waals surface area (Å²) in [6.07, 6.45) is 1.67. The van der Waals surface area contributed by atoms with E-state index in [9.17, 15) is 0 Å². The largest absolute Gasteiger partial charge is 0.462 e. The molecule has 0 fully saturated rings. The molecule has 16 heavy (non-hydrogen) atoms. The highest BCUT2D eigenvalue weighted by Gasteiger charge is 2.25. The van der Waals surface area contributed by atoms with Gasteiger partial charge in [0.25, 0.3) is 0 Å². The minimum atomic E-state index is -0.0780. The fourth-order valence-corrected chi connectivity index (χ4v) is 2.69. The van der Waals surface area contributed by atoms with E-state index < -0.39 is 0 Å². The van der Waals surface area contributed by atoms with Gasteiger partial charge >= 0.3 is 0 Å². The average Bonchev–Trinajstić information content (AvgIpc) is 2.85. The van der Waals surface area contributed by atoms with E-state index in [1.165, 1.54) is 4.88 Å². The molecule has 0 aliphatic carbocycles. The summed E-state index contributed by atoms with van der Waals surface area (Å²) >= 11 is 1.65. The highest BCUT2D eigenvalue weighted by atomic mass is 32.1. The van der Waals surface area contributed by atoms with Crippen molar-refractivity contribution in [1.82, 2.24) is 4.98 Å². The highest BCUT2D eigenvalue weighted by Crippen LogP contribution is 2.33. The molecule has 0 bridgehead atoms. The van der Waals surface area contributed by atoms with Crippen LogP contribution in [0.15, 0.2) is 22.8 Å². The Labute approximate surface area is 99.3 Å². The molecule has 0 spiro atoms. The van der Waals surface area contributed by atoms with Crippen LogP contribution in [-0.4, -0.2) is 11.5 Å². The highest BCUT2D eigenvalue weighted by molar-refractivity contribution is 7.15. The second kappa shape index (κ2) is 4.03. The Morgan fingerprint density at radius 1 is 1.50 bits per heavy atom. The zero-order valence-electron chi connectivity index (χ0n) is 9.78. The average molecular weight is 236 g/mol. The molecule has 2 N–H and O–H groups in total. The van der Waals surface area contributed by atoms with Crippen LogP contribution in [0.4, 0.5) is 0 Å². The molecular weight excluding hydrogens is 220 g/mol. The van der Waals surface area contributed by atoms with Gasteiger partial charge in [0, 0.05) is 16.8 Å². The third kappa shape index (κ3) is 1.90. The number of rotatable bonds is 3. The van der Waals surface area contributed by atoms with Crippen molar-refractivity contribution in [2.45, 2.75) is 26.2 Å². The third-order valence-electron chi connectivity index (χ3n) is 2.68. The summed E-state index contributed by atoms with van der Waals surface area (Å²) in [4.78, 5) is 5.85. The Hall–Kier alpha value is -1.13. The quantitative estimate of drug-likeness (QED) is 0.891. The van der Waals surface area contributed by atoms with Crippen molar-refractivity contribution in [2.75, 3.05) is 6.54 Å². The summed E-state index contributed by atoms with van der Waals surface area (Å²) in [6, 6.07) is 3.80. The summed E-state index contributed by atoms with van der Waals surface area (Å²) in [5, 5.41) is 0.930. The van der Waals surface area contributed by atoms with Gasteiger partial charge in [0.2, 0.25) is 0 Å². The monoisotopic (exact) mass is 236 g/mol. The van der Waals surface area contributed by atoms with Gasteiger partial charge < -0.3 is 10.2 Å². The molecule has 2 aromatic rings. The number of hydrogen-bond acceptors (Lipinski definition) is 4. The molecule has 0 aromatic carbocycles. The zero-order valence-corrected chi connectivity index (χ0v) is 10.6. The number of hydrogen-bond donors (Lipinski definition) is 1. The lowest BCUT2D eigenvalue weighted by Gasteiger charge is -2.20. The minimum absolute atomic E-state index is 0.0780. The summed E-state index contributed by atoms with van der Waals surface area (Å²) in [6.45, 7) is 6.90. The number of thiazole rings is 1. The normalized spacial score (nSPS) is 12.0. The Balaban J connectivity index is 2.44. The van der Waals surface area contributed by atoms with E-state index in [2.05, 4.69) is 25.8 Å². The van der Waals surface area contributed by atoms with Gasteiger partial charge in [-0.05, 0) is 19.1 Å². The van der Waals surface area contributed by atoms with Crippen LogP contribution < -0.4 is 5.73 Å². The van der Waals surface area contributed by atoms with E-state index in [1.807, 2.05) is 12.1 Å². The number of aromatic nitrogens is 1. The lowest BCUT2D eigenvalue weighted by molar-refractivity contribution is 0.521. The van der Waals surface area contributed by atoms with Crippen molar-refractivity contribution in [2.24, 2.45) is 5.73 Å². The van der Waals surface area contributed by atoms with Gasteiger partial charge in [-0.1, -0.05) is 13.8 Å². The molecule has 0 saturated heterocycles. The molecule has 0 saturated carbocycles. The lowest BCUT2D eigenvalue weighted by atomic mass is 9.89. The molecule has 0 aliphatic rings. The fraction of sp³-hybridized carbons (Fsp3) is 0.417. The van der Waals surface area contributed by atoms with Gasteiger partial charge in [0.15, 0.2) is 10.8 Å². The van der Waals surface area contributed by atoms with Gasteiger partial charge in [-0.25, -0.2) is 4.98 Å². The van der Waals surface area contributed by atoms with Crippen LogP contribution in [0.1, 0.15) is 24.4 Å². The van der Waals surface area contributed by atoms with Crippen LogP contribution in [0.2, 0.25) is 0 Å². The molecule has 0 unspecified atom stereocenters. The van der Waals surface area contributed by atoms with Crippen LogP contribution in [0, 0.1) is 6.92 Å². The van der Waals surface area contributed by atoms with Crippen LogP contribution in [0.5, 0.6) is 0 Å². The summed E-state index contributed by atoms with van der Waals surface area (Å²) in [5.41, 5.74) is 6.77. The van der Waals surface area contributed by atoms with E-state index >= 15 is 0 Å². The molecule has 0 atom stereocenters. The van der Waals surface area contributed by atoms with Crippen molar-refractivity contribution in [3.8, 4) is 10.8 Å². The summed E-state index contributed by atoms with van der Waals surface area (Å²) in [5.74, 6) is 0.826. The Morgan fingerprint density at radius 2 is 2.25 bits per heavy atom. The van der Waals surface area contributed by atoms with Crippen molar-refractivity contribution in [3.05, 3.63) is 29.0 Å². The molecule has 0 aliphatic heterocycles. The minimum Gasteiger partial charge on any atom is -0.462 e. The molecule has 2 aromatic heterocycles. The molecule has 3 nitrogen and oxygen atoms in total. The van der Waals surface area contributed by atoms with E-state index in [0.717, 1.165) is 16.5 Å². The van der Waals surface area contributed by atoms with E-state index in [4.69, 9.17) is 10.2 Å². The first kappa shape index (κ1) is 11.4.